The van der Waals surface area contributed by atoms with E-state index in [9.17, 15) is 9.59 Å². The molecule has 1 unspecified atom stereocenters. The second-order valence-electron chi connectivity index (χ2n) is 5.15. The lowest BCUT2D eigenvalue weighted by Crippen LogP contribution is -2.20. The van der Waals surface area contributed by atoms with Crippen molar-refractivity contribution < 1.29 is 9.59 Å². The van der Waals surface area contributed by atoms with E-state index in [1.165, 1.54) is 5.56 Å². The first-order valence-electron chi connectivity index (χ1n) is 5.50. The zero-order chi connectivity index (χ0) is 12.6. The first-order chi connectivity index (χ1) is 7.88. The summed E-state index contributed by atoms with van der Waals surface area (Å²) >= 11 is 1.04. The fourth-order valence-corrected chi connectivity index (χ4v) is 2.57. The standard InChI is InChI=1S/C13H15NO2S/c1-13(2,3)9-6-4-8(5-7-9)10-11(15)14-12(16)17-10/h4-7,10H,1-3H3,(H,14,15,16). The van der Waals surface area contributed by atoms with Gasteiger partial charge in [0.25, 0.3) is 5.24 Å². The highest BCUT2D eigenvalue weighted by Crippen LogP contribution is 2.35. The molecule has 0 saturated carbocycles. The maximum atomic E-state index is 11.5. The smallest absolute Gasteiger partial charge is 0.286 e. The van der Waals surface area contributed by atoms with E-state index in [0.717, 1.165) is 17.3 Å². The number of rotatable bonds is 1. The molecule has 1 heterocycles. The second kappa shape index (κ2) is 4.18. The van der Waals surface area contributed by atoms with Crippen LogP contribution in [0.2, 0.25) is 0 Å². The average molecular weight is 249 g/mol. The number of carbonyl (C=O) groups is 2. The minimum atomic E-state index is -0.392. The molecule has 1 aliphatic heterocycles. The molecule has 90 valence electrons. The lowest BCUT2D eigenvalue weighted by molar-refractivity contribution is -0.119. The summed E-state index contributed by atoms with van der Waals surface area (Å²) in [5.41, 5.74) is 2.20. The summed E-state index contributed by atoms with van der Waals surface area (Å²) in [5.74, 6) is -0.219. The van der Waals surface area contributed by atoms with Crippen molar-refractivity contribution in [2.75, 3.05) is 0 Å². The summed E-state index contributed by atoms with van der Waals surface area (Å²) in [7, 11) is 0. The van der Waals surface area contributed by atoms with Crippen LogP contribution in [0.5, 0.6) is 0 Å². The maximum absolute atomic E-state index is 11.5. The normalized spacial score (nSPS) is 20.5. The Labute approximate surface area is 105 Å². The summed E-state index contributed by atoms with van der Waals surface area (Å²) in [6.45, 7) is 6.42. The first-order valence-corrected chi connectivity index (χ1v) is 6.38. The van der Waals surface area contributed by atoms with Gasteiger partial charge in [-0.25, -0.2) is 0 Å². The summed E-state index contributed by atoms with van der Waals surface area (Å²) in [5, 5.41) is 1.64. The van der Waals surface area contributed by atoms with E-state index in [1.807, 2.05) is 24.3 Å². The van der Waals surface area contributed by atoms with Crippen LogP contribution in [0, 0.1) is 0 Å². The van der Waals surface area contributed by atoms with Crippen molar-refractivity contribution in [2.45, 2.75) is 31.4 Å². The largest absolute Gasteiger partial charge is 0.286 e. The fraction of sp³-hybridized carbons (Fsp3) is 0.385. The molecule has 1 saturated heterocycles. The average Bonchev–Trinajstić information content (AvgIpc) is 2.57. The zero-order valence-electron chi connectivity index (χ0n) is 10.1. The predicted molar refractivity (Wildman–Crippen MR) is 69.0 cm³/mol. The molecule has 0 aromatic heterocycles. The van der Waals surface area contributed by atoms with Crippen LogP contribution < -0.4 is 5.32 Å². The third-order valence-corrected chi connectivity index (χ3v) is 3.81. The van der Waals surface area contributed by atoms with E-state index in [2.05, 4.69) is 26.1 Å². The molecule has 17 heavy (non-hydrogen) atoms. The van der Waals surface area contributed by atoms with Crippen LogP contribution in [0.4, 0.5) is 4.79 Å². The highest BCUT2D eigenvalue weighted by molar-refractivity contribution is 8.15. The van der Waals surface area contributed by atoms with Crippen molar-refractivity contribution in [3.05, 3.63) is 35.4 Å². The van der Waals surface area contributed by atoms with E-state index < -0.39 is 5.25 Å². The van der Waals surface area contributed by atoms with Crippen LogP contribution in [-0.4, -0.2) is 11.1 Å². The van der Waals surface area contributed by atoms with Gasteiger partial charge in [0.05, 0.1) is 0 Å². The molecule has 1 aromatic rings. The van der Waals surface area contributed by atoms with E-state index >= 15 is 0 Å². The van der Waals surface area contributed by atoms with Gasteiger partial charge in [-0.1, -0.05) is 45.0 Å². The molecular formula is C13H15NO2S. The predicted octanol–water partition coefficient (Wildman–Crippen LogP) is 3.01. The Hall–Kier alpha value is -1.29. The van der Waals surface area contributed by atoms with Gasteiger partial charge in [-0.2, -0.15) is 0 Å². The summed E-state index contributed by atoms with van der Waals surface area (Å²) < 4.78 is 0. The molecule has 0 radical (unpaired) electrons. The highest BCUT2D eigenvalue weighted by atomic mass is 32.2. The Bertz CT molecular complexity index is 459. The molecule has 0 spiro atoms. The van der Waals surface area contributed by atoms with Gasteiger partial charge >= 0.3 is 0 Å². The minimum absolute atomic E-state index is 0.0967. The topological polar surface area (TPSA) is 46.2 Å². The van der Waals surface area contributed by atoms with Gasteiger partial charge in [0.1, 0.15) is 5.25 Å². The molecule has 3 nitrogen and oxygen atoms in total. The van der Waals surface area contributed by atoms with Crippen LogP contribution >= 0.6 is 11.8 Å². The molecule has 0 aliphatic carbocycles. The number of thioether (sulfide) groups is 1. The Morgan fingerprint density at radius 3 is 2.12 bits per heavy atom. The summed E-state index contributed by atoms with van der Waals surface area (Å²) in [4.78, 5) is 22.6. The lowest BCUT2D eigenvalue weighted by atomic mass is 9.86. The van der Waals surface area contributed by atoms with Crippen molar-refractivity contribution in [3.63, 3.8) is 0 Å². The van der Waals surface area contributed by atoms with Crippen LogP contribution in [0.25, 0.3) is 0 Å². The Morgan fingerprint density at radius 1 is 1.12 bits per heavy atom. The van der Waals surface area contributed by atoms with Crippen LogP contribution in [0.1, 0.15) is 37.1 Å². The Balaban J connectivity index is 2.24. The third-order valence-electron chi connectivity index (χ3n) is 2.77. The van der Waals surface area contributed by atoms with Gasteiger partial charge in [-0.05, 0) is 28.3 Å². The van der Waals surface area contributed by atoms with Gasteiger partial charge < -0.3 is 0 Å². The Morgan fingerprint density at radius 2 is 1.71 bits per heavy atom. The van der Waals surface area contributed by atoms with Crippen molar-refractivity contribution in [1.82, 2.24) is 5.32 Å². The van der Waals surface area contributed by atoms with E-state index in [-0.39, 0.29) is 16.6 Å². The van der Waals surface area contributed by atoms with E-state index in [0.29, 0.717) is 0 Å². The van der Waals surface area contributed by atoms with Gasteiger partial charge in [-0.15, -0.1) is 0 Å². The van der Waals surface area contributed by atoms with Gasteiger partial charge in [0, 0.05) is 0 Å². The summed E-state index contributed by atoms with van der Waals surface area (Å²) in [6, 6.07) is 7.89. The maximum Gasteiger partial charge on any atom is 0.286 e. The molecule has 1 fully saturated rings. The molecule has 4 heteroatoms. The van der Waals surface area contributed by atoms with Crippen molar-refractivity contribution in [1.29, 1.82) is 0 Å². The van der Waals surface area contributed by atoms with E-state index in [4.69, 9.17) is 0 Å². The molecule has 2 amide bonds. The highest BCUT2D eigenvalue weighted by Gasteiger charge is 2.32. The minimum Gasteiger partial charge on any atom is -0.286 e. The summed E-state index contributed by atoms with van der Waals surface area (Å²) in [6.07, 6.45) is 0. The number of imide groups is 1. The van der Waals surface area contributed by atoms with Crippen LogP contribution in [0.15, 0.2) is 24.3 Å². The lowest BCUT2D eigenvalue weighted by Gasteiger charge is -2.19. The molecule has 0 bridgehead atoms. The monoisotopic (exact) mass is 249 g/mol. The van der Waals surface area contributed by atoms with Gasteiger partial charge in [0.2, 0.25) is 5.91 Å². The quantitative estimate of drug-likeness (QED) is 0.832. The van der Waals surface area contributed by atoms with Crippen molar-refractivity contribution >= 4 is 22.9 Å². The molecule has 1 N–H and O–H groups in total. The SMILES string of the molecule is CC(C)(C)c1ccc(C2SC(=O)NC2=O)cc1. The molecule has 2 rings (SSSR count). The van der Waals surface area contributed by atoms with Gasteiger partial charge in [0.15, 0.2) is 0 Å². The Kier molecular flexibility index (Phi) is 3.00. The van der Waals surface area contributed by atoms with Crippen molar-refractivity contribution in [3.8, 4) is 0 Å². The molecule has 1 atom stereocenters. The number of hydrogen-bond acceptors (Lipinski definition) is 3. The number of nitrogens with one attached hydrogen (secondary N) is 1. The third kappa shape index (κ3) is 2.52. The van der Waals surface area contributed by atoms with Crippen LogP contribution in [-0.2, 0) is 10.2 Å². The number of carbonyl (C=O) groups excluding carboxylic acids is 2. The second-order valence-corrected chi connectivity index (χ2v) is 6.22. The first kappa shape index (κ1) is 12.2. The van der Waals surface area contributed by atoms with Gasteiger partial charge in [-0.3, -0.25) is 14.9 Å². The number of benzene rings is 1. The van der Waals surface area contributed by atoms with Crippen molar-refractivity contribution in [2.24, 2.45) is 0 Å². The van der Waals surface area contributed by atoms with Crippen LogP contribution in [0.3, 0.4) is 0 Å². The van der Waals surface area contributed by atoms with E-state index in [1.54, 1.807) is 0 Å². The fourth-order valence-electron chi connectivity index (χ4n) is 1.73. The number of amides is 2. The molecule has 1 aromatic carbocycles. The zero-order valence-corrected chi connectivity index (χ0v) is 10.9. The number of hydrogen-bond donors (Lipinski definition) is 1. The molecular weight excluding hydrogens is 234 g/mol. The molecule has 1 aliphatic rings.